The van der Waals surface area contributed by atoms with Crippen molar-refractivity contribution in [3.63, 3.8) is 0 Å². The molecular weight excluding hydrogens is 348 g/mol. The van der Waals surface area contributed by atoms with Gasteiger partial charge in [0.2, 0.25) is 5.28 Å². The Bertz CT molecular complexity index is 723. The monoisotopic (exact) mass is 356 g/mol. The van der Waals surface area contributed by atoms with Crippen LogP contribution in [0.25, 0.3) is 5.52 Å². The van der Waals surface area contributed by atoms with Crippen LogP contribution < -0.4 is 5.32 Å². The zero-order valence-electron chi connectivity index (χ0n) is 10.0. The topological polar surface area (TPSA) is 42.2 Å². The minimum absolute atomic E-state index is 0.226. The third kappa shape index (κ3) is 2.48. The lowest BCUT2D eigenvalue weighted by Crippen LogP contribution is -2.05. The quantitative estimate of drug-likeness (QED) is 0.766. The summed E-state index contributed by atoms with van der Waals surface area (Å²) >= 11 is 11.2. The predicted molar refractivity (Wildman–Crippen MR) is 82.1 cm³/mol. The summed E-state index contributed by atoms with van der Waals surface area (Å²) in [7, 11) is 0. The molecule has 0 fully saturated rings. The normalized spacial score (nSPS) is 11.1. The molecule has 1 N–H and O–H groups in total. The fraction of sp³-hybridized carbons (Fsp3) is 0.167. The number of thiophene rings is 1. The maximum absolute atomic E-state index is 5.95. The van der Waals surface area contributed by atoms with E-state index in [2.05, 4.69) is 42.8 Å². The van der Waals surface area contributed by atoms with Crippen molar-refractivity contribution in [2.45, 2.75) is 13.5 Å². The van der Waals surface area contributed by atoms with Crippen molar-refractivity contribution in [3.8, 4) is 0 Å². The molecule has 3 heterocycles. The maximum Gasteiger partial charge on any atom is 0.243 e. The highest BCUT2D eigenvalue weighted by Gasteiger charge is 2.12. The second-order valence-corrected chi connectivity index (χ2v) is 6.28. The van der Waals surface area contributed by atoms with Gasteiger partial charge in [-0.15, -0.1) is 16.4 Å². The van der Waals surface area contributed by atoms with Crippen molar-refractivity contribution in [1.29, 1.82) is 0 Å². The van der Waals surface area contributed by atoms with Crippen LogP contribution in [0.15, 0.2) is 28.2 Å². The Morgan fingerprint density at radius 3 is 3.11 bits per heavy atom. The molecule has 98 valence electrons. The average Bonchev–Trinajstić information content (AvgIpc) is 2.96. The minimum Gasteiger partial charge on any atom is -0.363 e. The van der Waals surface area contributed by atoms with Gasteiger partial charge in [-0.1, -0.05) is 6.07 Å². The summed E-state index contributed by atoms with van der Waals surface area (Å²) in [5, 5.41) is 9.76. The molecule has 0 aliphatic rings. The van der Waals surface area contributed by atoms with Gasteiger partial charge < -0.3 is 5.32 Å². The Morgan fingerprint density at radius 1 is 1.53 bits per heavy atom. The molecule has 0 saturated carbocycles. The number of aryl methyl sites for hydroxylation is 1. The number of hydrogen-bond donors (Lipinski definition) is 1. The van der Waals surface area contributed by atoms with Crippen LogP contribution in [-0.2, 0) is 6.54 Å². The summed E-state index contributed by atoms with van der Waals surface area (Å²) < 4.78 is 2.73. The first-order valence-corrected chi connectivity index (χ1v) is 7.67. The van der Waals surface area contributed by atoms with Crippen LogP contribution >= 0.6 is 38.9 Å². The fourth-order valence-corrected chi connectivity index (χ4v) is 3.07. The summed E-state index contributed by atoms with van der Waals surface area (Å²) in [5.41, 5.74) is 2.03. The molecule has 0 atom stereocenters. The summed E-state index contributed by atoms with van der Waals surface area (Å²) in [6.07, 6.45) is 1.88. The number of aromatic nitrogens is 3. The van der Waals surface area contributed by atoms with Gasteiger partial charge in [-0.05, 0) is 51.5 Å². The number of rotatable bonds is 3. The van der Waals surface area contributed by atoms with Gasteiger partial charge in [-0.25, -0.2) is 4.52 Å². The van der Waals surface area contributed by atoms with Gasteiger partial charge in [-0.2, -0.15) is 4.98 Å². The van der Waals surface area contributed by atoms with Crippen LogP contribution in [-0.4, -0.2) is 14.6 Å². The van der Waals surface area contributed by atoms with Gasteiger partial charge in [-0.3, -0.25) is 0 Å². The number of halogens is 2. The number of anilines is 1. The average molecular weight is 358 g/mol. The highest BCUT2D eigenvalue weighted by atomic mass is 79.9. The molecule has 0 saturated heterocycles. The van der Waals surface area contributed by atoms with Crippen molar-refractivity contribution >= 4 is 50.2 Å². The highest BCUT2D eigenvalue weighted by Crippen LogP contribution is 2.28. The molecule has 0 unspecified atom stereocenters. The Balaban J connectivity index is 2.01. The lowest BCUT2D eigenvalue weighted by atomic mass is 10.3. The molecular formula is C12H10BrClN4S. The molecule has 0 aliphatic heterocycles. The van der Waals surface area contributed by atoms with E-state index >= 15 is 0 Å². The van der Waals surface area contributed by atoms with E-state index < -0.39 is 0 Å². The van der Waals surface area contributed by atoms with E-state index in [0.29, 0.717) is 0 Å². The Hall–Kier alpha value is -1.11. The fourth-order valence-electron chi connectivity index (χ4n) is 1.88. The third-order valence-corrected chi connectivity index (χ3v) is 4.64. The Kier molecular flexibility index (Phi) is 3.47. The zero-order valence-corrected chi connectivity index (χ0v) is 13.2. The Labute approximate surface area is 127 Å². The molecule has 3 aromatic heterocycles. The molecule has 3 rings (SSSR count). The third-order valence-electron chi connectivity index (χ3n) is 2.81. The van der Waals surface area contributed by atoms with Gasteiger partial charge in [0.1, 0.15) is 5.52 Å². The van der Waals surface area contributed by atoms with Crippen molar-refractivity contribution < 1.29 is 0 Å². The standard InChI is InChI=1S/C12H10BrClN4S/c1-7-9(13)6-18-10(7)11(16-12(14)17-18)15-5-8-3-2-4-19-8/h2-4,6H,5H2,1H3,(H,15,16,17). The van der Waals surface area contributed by atoms with Gasteiger partial charge in [0.25, 0.3) is 0 Å². The van der Waals surface area contributed by atoms with Gasteiger partial charge in [0, 0.05) is 15.5 Å². The largest absolute Gasteiger partial charge is 0.363 e. The van der Waals surface area contributed by atoms with Gasteiger partial charge in [0.15, 0.2) is 5.82 Å². The van der Waals surface area contributed by atoms with Gasteiger partial charge in [0.05, 0.1) is 6.54 Å². The van der Waals surface area contributed by atoms with E-state index in [1.54, 1.807) is 15.9 Å². The van der Waals surface area contributed by atoms with E-state index in [1.807, 2.05) is 19.2 Å². The first-order chi connectivity index (χ1) is 9.15. The molecule has 0 amide bonds. The SMILES string of the molecule is Cc1c(Br)cn2nc(Cl)nc(NCc3cccs3)c12. The molecule has 0 aliphatic carbocycles. The van der Waals surface area contributed by atoms with Crippen LogP contribution in [0.1, 0.15) is 10.4 Å². The maximum atomic E-state index is 5.95. The molecule has 0 spiro atoms. The lowest BCUT2D eigenvalue weighted by Gasteiger charge is -2.07. The second-order valence-electron chi connectivity index (χ2n) is 4.06. The first kappa shape index (κ1) is 12.9. The first-order valence-electron chi connectivity index (χ1n) is 5.62. The van der Waals surface area contributed by atoms with E-state index in [9.17, 15) is 0 Å². The number of fused-ring (bicyclic) bond motifs is 1. The zero-order chi connectivity index (χ0) is 13.4. The summed E-state index contributed by atoms with van der Waals surface area (Å²) in [4.78, 5) is 5.53. The molecule has 4 nitrogen and oxygen atoms in total. The molecule has 7 heteroatoms. The second kappa shape index (κ2) is 5.11. The molecule has 0 radical (unpaired) electrons. The van der Waals surface area contributed by atoms with Crippen LogP contribution in [0.4, 0.5) is 5.82 Å². The van der Waals surface area contributed by atoms with Crippen molar-refractivity contribution in [1.82, 2.24) is 14.6 Å². The summed E-state index contributed by atoms with van der Waals surface area (Å²) in [6, 6.07) is 4.11. The molecule has 19 heavy (non-hydrogen) atoms. The van der Waals surface area contributed by atoms with Crippen LogP contribution in [0.3, 0.4) is 0 Å². The Morgan fingerprint density at radius 2 is 2.37 bits per heavy atom. The highest BCUT2D eigenvalue weighted by molar-refractivity contribution is 9.10. The predicted octanol–water partition coefficient (Wildman–Crippen LogP) is 4.13. The minimum atomic E-state index is 0.226. The number of nitrogens with zero attached hydrogens (tertiary/aromatic N) is 3. The van der Waals surface area contributed by atoms with Crippen molar-refractivity contribution in [2.75, 3.05) is 5.32 Å². The van der Waals surface area contributed by atoms with E-state index in [1.165, 1.54) is 4.88 Å². The molecule has 0 bridgehead atoms. The van der Waals surface area contributed by atoms with Crippen LogP contribution in [0, 0.1) is 6.92 Å². The molecule has 0 aromatic carbocycles. The van der Waals surface area contributed by atoms with Crippen molar-refractivity contribution in [2.24, 2.45) is 0 Å². The lowest BCUT2D eigenvalue weighted by molar-refractivity contribution is 0.899. The summed E-state index contributed by atoms with van der Waals surface area (Å²) in [5.74, 6) is 0.747. The number of nitrogens with one attached hydrogen (secondary N) is 1. The smallest absolute Gasteiger partial charge is 0.243 e. The van der Waals surface area contributed by atoms with E-state index in [0.717, 1.165) is 27.9 Å². The van der Waals surface area contributed by atoms with Crippen LogP contribution in [0.5, 0.6) is 0 Å². The van der Waals surface area contributed by atoms with E-state index in [4.69, 9.17) is 11.6 Å². The number of hydrogen-bond acceptors (Lipinski definition) is 4. The van der Waals surface area contributed by atoms with Crippen molar-refractivity contribution in [3.05, 3.63) is 43.9 Å². The van der Waals surface area contributed by atoms with Gasteiger partial charge >= 0.3 is 0 Å². The van der Waals surface area contributed by atoms with Crippen LogP contribution in [0.2, 0.25) is 5.28 Å². The van der Waals surface area contributed by atoms with E-state index in [-0.39, 0.29) is 5.28 Å². The summed E-state index contributed by atoms with van der Waals surface area (Å²) in [6.45, 7) is 2.75. The molecule has 3 aromatic rings.